The third kappa shape index (κ3) is 9.13. The van der Waals surface area contributed by atoms with Crippen molar-refractivity contribution in [3.8, 4) is 5.88 Å². The zero-order valence-electron chi connectivity index (χ0n) is 25.6. The van der Waals surface area contributed by atoms with Gasteiger partial charge in [-0.1, -0.05) is 45.9 Å². The Kier molecular flexibility index (Phi) is 11.1. The van der Waals surface area contributed by atoms with E-state index < -0.39 is 0 Å². The lowest BCUT2D eigenvalue weighted by atomic mass is 9.78. The summed E-state index contributed by atoms with van der Waals surface area (Å²) in [6.07, 6.45) is 8.47. The maximum Gasteiger partial charge on any atom is 0.213 e. The molecule has 1 N–H and O–H groups in total. The summed E-state index contributed by atoms with van der Waals surface area (Å²) in [5.41, 5.74) is 4.31. The van der Waals surface area contributed by atoms with Crippen LogP contribution >= 0.6 is 0 Å². The number of nitrogens with one attached hydrogen (secondary N) is 1. The smallest absolute Gasteiger partial charge is 0.213 e. The molecule has 0 radical (unpaired) electrons. The Labute approximate surface area is 236 Å². The van der Waals surface area contributed by atoms with Crippen LogP contribution in [0, 0.1) is 23.6 Å². The lowest BCUT2D eigenvalue weighted by Crippen LogP contribution is -2.46. The lowest BCUT2D eigenvalue weighted by Gasteiger charge is -2.38. The van der Waals surface area contributed by atoms with Gasteiger partial charge in [0.05, 0.1) is 12.3 Å². The summed E-state index contributed by atoms with van der Waals surface area (Å²) >= 11 is 0. The molecule has 2 aromatic rings. The molecule has 216 valence electrons. The van der Waals surface area contributed by atoms with E-state index in [2.05, 4.69) is 63.1 Å². The van der Waals surface area contributed by atoms with Crippen LogP contribution in [0.25, 0.3) is 0 Å². The van der Waals surface area contributed by atoms with Crippen molar-refractivity contribution in [1.29, 1.82) is 0 Å². The van der Waals surface area contributed by atoms with Gasteiger partial charge < -0.3 is 10.1 Å². The molecule has 2 atom stereocenters. The van der Waals surface area contributed by atoms with Crippen molar-refractivity contribution in [3.63, 3.8) is 0 Å². The molecule has 0 saturated heterocycles. The summed E-state index contributed by atoms with van der Waals surface area (Å²) in [4.78, 5) is 16.9. The summed E-state index contributed by atoms with van der Waals surface area (Å²) in [5.74, 6) is 1.65. The normalized spacial score (nSPS) is 21.3. The molecule has 3 rings (SSSR count). The molecular weight excluding hydrogens is 487 g/mol. The third-order valence-electron chi connectivity index (χ3n) is 8.42. The molecule has 1 aliphatic carbocycles. The van der Waals surface area contributed by atoms with E-state index >= 15 is 0 Å². The number of Topliss-reactive ketones (excluding diaryl/α,β-unsaturated/α-hetero) is 1. The Morgan fingerprint density at radius 1 is 1.10 bits per heavy atom. The number of benzene rings is 1. The largest absolute Gasteiger partial charge is 0.475 e. The van der Waals surface area contributed by atoms with Crippen molar-refractivity contribution in [1.82, 2.24) is 10.3 Å². The minimum atomic E-state index is -0.321. The van der Waals surface area contributed by atoms with Gasteiger partial charge >= 0.3 is 0 Å². The Bertz CT molecular complexity index is 1090. The number of pyridine rings is 1. The molecule has 0 bridgehead atoms. The van der Waals surface area contributed by atoms with E-state index in [1.165, 1.54) is 37.4 Å². The molecule has 1 heterocycles. The van der Waals surface area contributed by atoms with Gasteiger partial charge in [-0.15, -0.1) is 0 Å². The molecule has 4 nitrogen and oxygen atoms in total. The second kappa shape index (κ2) is 13.9. The van der Waals surface area contributed by atoms with Gasteiger partial charge in [0.1, 0.15) is 11.6 Å². The Hall–Kier alpha value is -2.27. The highest BCUT2D eigenvalue weighted by Gasteiger charge is 2.29. The zero-order chi connectivity index (χ0) is 28.7. The molecular formula is C34H51FN2O2. The zero-order valence-corrected chi connectivity index (χ0v) is 25.6. The molecule has 0 amide bonds. The number of carbonyl (C=O) groups is 1. The number of rotatable bonds is 13. The lowest BCUT2D eigenvalue weighted by molar-refractivity contribution is -0.119. The fourth-order valence-electron chi connectivity index (χ4n) is 6.03. The van der Waals surface area contributed by atoms with Gasteiger partial charge in [0.2, 0.25) is 5.88 Å². The molecule has 1 aromatic heterocycles. The van der Waals surface area contributed by atoms with Crippen molar-refractivity contribution in [2.45, 2.75) is 118 Å². The second-order valence-electron chi connectivity index (χ2n) is 13.1. The van der Waals surface area contributed by atoms with Gasteiger partial charge in [0, 0.05) is 17.5 Å². The van der Waals surface area contributed by atoms with E-state index in [-0.39, 0.29) is 35.1 Å². The summed E-state index contributed by atoms with van der Waals surface area (Å²) in [6.45, 7) is 17.8. The highest BCUT2D eigenvalue weighted by molar-refractivity contribution is 5.84. The fourth-order valence-corrected chi connectivity index (χ4v) is 6.03. The van der Waals surface area contributed by atoms with E-state index in [0.717, 1.165) is 30.0 Å². The van der Waals surface area contributed by atoms with Gasteiger partial charge in [-0.05, 0) is 119 Å². The van der Waals surface area contributed by atoms with Gasteiger partial charge in [-0.2, -0.15) is 0 Å². The number of ketones is 1. The predicted octanol–water partition coefficient (Wildman–Crippen LogP) is 7.86. The van der Waals surface area contributed by atoms with Crippen LogP contribution in [0.2, 0.25) is 0 Å². The molecule has 2 unspecified atom stereocenters. The average Bonchev–Trinajstić information content (AvgIpc) is 2.85. The second-order valence-corrected chi connectivity index (χ2v) is 13.1. The molecule has 5 heteroatoms. The summed E-state index contributed by atoms with van der Waals surface area (Å²) in [7, 11) is 0. The van der Waals surface area contributed by atoms with E-state index in [9.17, 15) is 9.18 Å². The summed E-state index contributed by atoms with van der Waals surface area (Å²) < 4.78 is 20.3. The van der Waals surface area contributed by atoms with Crippen molar-refractivity contribution < 1.29 is 13.9 Å². The first kappa shape index (κ1) is 31.3. The van der Waals surface area contributed by atoms with Crippen LogP contribution in [-0.2, 0) is 24.1 Å². The molecule has 1 aromatic carbocycles. The van der Waals surface area contributed by atoms with Crippen molar-refractivity contribution in [2.75, 3.05) is 6.54 Å². The average molecular weight is 539 g/mol. The monoisotopic (exact) mass is 538 g/mol. The quantitative estimate of drug-likeness (QED) is 0.282. The molecule has 0 spiro atoms. The van der Waals surface area contributed by atoms with Crippen molar-refractivity contribution in [3.05, 3.63) is 58.5 Å². The van der Waals surface area contributed by atoms with Crippen LogP contribution in [0.1, 0.15) is 109 Å². The fraction of sp³-hybridized carbons (Fsp3) is 0.647. The van der Waals surface area contributed by atoms with Gasteiger partial charge in [-0.3, -0.25) is 4.79 Å². The van der Waals surface area contributed by atoms with E-state index in [1.807, 2.05) is 13.8 Å². The van der Waals surface area contributed by atoms with E-state index in [1.54, 1.807) is 13.0 Å². The Balaban J connectivity index is 1.76. The Morgan fingerprint density at radius 3 is 2.38 bits per heavy atom. The highest BCUT2D eigenvalue weighted by atomic mass is 19.1. The standard InChI is InChI=1S/C34H51FN2O2/c1-22(2)33(26(7)38)30-18-27(17-25(6)20-37-34(8)15-13-24(5)14-16-34)9-10-28(30)11-12-29-19-32(39-23(3)4)36-21-31(29)35/h9-10,18-19,21-25,33,37H,11-17,20H2,1-8H3. The molecule has 1 saturated carbocycles. The Morgan fingerprint density at radius 2 is 1.77 bits per heavy atom. The first-order valence-corrected chi connectivity index (χ1v) is 15.0. The number of aryl methyl sites for hydroxylation is 2. The topological polar surface area (TPSA) is 51.2 Å². The number of aromatic nitrogens is 1. The van der Waals surface area contributed by atoms with Gasteiger partial charge in [0.25, 0.3) is 0 Å². The van der Waals surface area contributed by atoms with Gasteiger partial charge in [-0.25, -0.2) is 9.37 Å². The number of halogens is 1. The summed E-state index contributed by atoms with van der Waals surface area (Å²) in [5, 5.41) is 3.88. The van der Waals surface area contributed by atoms with Crippen LogP contribution < -0.4 is 10.1 Å². The first-order valence-electron chi connectivity index (χ1n) is 15.0. The minimum Gasteiger partial charge on any atom is -0.475 e. The maximum absolute atomic E-state index is 14.6. The predicted molar refractivity (Wildman–Crippen MR) is 159 cm³/mol. The number of carbonyl (C=O) groups excluding carboxylic acids is 1. The number of ether oxygens (including phenoxy) is 1. The number of nitrogens with zero attached hydrogens (tertiary/aromatic N) is 1. The minimum absolute atomic E-state index is 0.0239. The molecule has 1 fully saturated rings. The van der Waals surface area contributed by atoms with Crippen molar-refractivity contribution in [2.24, 2.45) is 17.8 Å². The molecule has 39 heavy (non-hydrogen) atoms. The first-order chi connectivity index (χ1) is 18.4. The third-order valence-corrected chi connectivity index (χ3v) is 8.42. The molecule has 0 aliphatic heterocycles. The van der Waals surface area contributed by atoms with Crippen LogP contribution in [0.15, 0.2) is 30.5 Å². The van der Waals surface area contributed by atoms with Crippen LogP contribution in [0.4, 0.5) is 4.39 Å². The maximum atomic E-state index is 14.6. The van der Waals surface area contributed by atoms with Gasteiger partial charge in [0.15, 0.2) is 0 Å². The van der Waals surface area contributed by atoms with Crippen molar-refractivity contribution >= 4 is 5.78 Å². The number of hydrogen-bond acceptors (Lipinski definition) is 4. The number of hydrogen-bond donors (Lipinski definition) is 1. The summed E-state index contributed by atoms with van der Waals surface area (Å²) in [6, 6.07) is 8.32. The van der Waals surface area contributed by atoms with Crippen LogP contribution in [0.5, 0.6) is 5.88 Å². The van der Waals surface area contributed by atoms with Crippen LogP contribution in [-0.4, -0.2) is 29.0 Å². The van der Waals surface area contributed by atoms with E-state index in [4.69, 9.17) is 4.74 Å². The highest BCUT2D eigenvalue weighted by Crippen LogP contribution is 2.33. The SMILES string of the molecule is CC(=O)C(c1cc(CC(C)CNC2(C)CCC(C)CC2)ccc1CCc1cc(OC(C)C)ncc1F)C(C)C. The van der Waals surface area contributed by atoms with Crippen LogP contribution in [0.3, 0.4) is 0 Å². The molecule has 1 aliphatic rings. The van der Waals surface area contributed by atoms with E-state index in [0.29, 0.717) is 30.2 Å².